The maximum atomic E-state index is 6.21. The molecule has 0 aromatic heterocycles. The number of hydrogen-bond donors (Lipinski definition) is 1. The van der Waals surface area contributed by atoms with Gasteiger partial charge in [-0.15, -0.1) is 0 Å². The molecule has 3 rings (SSSR count). The van der Waals surface area contributed by atoms with Crippen LogP contribution in [-0.2, 0) is 4.74 Å². The molecular formula is C17H18ClNO2. The van der Waals surface area contributed by atoms with Crippen LogP contribution in [0.2, 0.25) is 5.02 Å². The van der Waals surface area contributed by atoms with E-state index in [-0.39, 0.29) is 12.2 Å². The van der Waals surface area contributed by atoms with Crippen molar-refractivity contribution in [3.8, 4) is 5.75 Å². The molecule has 0 spiro atoms. The first-order valence-corrected chi connectivity index (χ1v) is 7.51. The SMILES string of the molecule is Clc1ccccc1OC(c1ccccc1)[C@H]1CNCCO1. The van der Waals surface area contributed by atoms with E-state index in [0.717, 1.165) is 18.7 Å². The molecule has 2 aromatic carbocycles. The van der Waals surface area contributed by atoms with Gasteiger partial charge in [-0.3, -0.25) is 0 Å². The van der Waals surface area contributed by atoms with Gasteiger partial charge in [-0.25, -0.2) is 0 Å². The molecule has 110 valence electrons. The van der Waals surface area contributed by atoms with Crippen molar-refractivity contribution in [2.75, 3.05) is 19.7 Å². The van der Waals surface area contributed by atoms with E-state index in [0.29, 0.717) is 17.4 Å². The molecule has 21 heavy (non-hydrogen) atoms. The highest BCUT2D eigenvalue weighted by Crippen LogP contribution is 2.31. The number of halogens is 1. The third-order valence-corrected chi connectivity index (χ3v) is 3.82. The second-order valence-electron chi connectivity index (χ2n) is 4.99. The average Bonchev–Trinajstić information content (AvgIpc) is 2.56. The van der Waals surface area contributed by atoms with Crippen molar-refractivity contribution in [2.45, 2.75) is 12.2 Å². The van der Waals surface area contributed by atoms with Crippen molar-refractivity contribution in [2.24, 2.45) is 0 Å². The van der Waals surface area contributed by atoms with Crippen LogP contribution in [0, 0.1) is 0 Å². The third-order valence-electron chi connectivity index (χ3n) is 3.51. The Kier molecular flexibility index (Phi) is 4.76. The molecule has 1 aliphatic rings. The molecule has 3 nitrogen and oxygen atoms in total. The molecular weight excluding hydrogens is 286 g/mol. The Hall–Kier alpha value is -1.55. The summed E-state index contributed by atoms with van der Waals surface area (Å²) in [5.74, 6) is 0.683. The van der Waals surface area contributed by atoms with Crippen molar-refractivity contribution in [1.82, 2.24) is 5.32 Å². The number of morpholine rings is 1. The molecule has 1 aliphatic heterocycles. The quantitative estimate of drug-likeness (QED) is 0.938. The van der Waals surface area contributed by atoms with Gasteiger partial charge in [0.2, 0.25) is 0 Å². The summed E-state index contributed by atoms with van der Waals surface area (Å²) in [7, 11) is 0. The van der Waals surface area contributed by atoms with Gasteiger partial charge < -0.3 is 14.8 Å². The van der Waals surface area contributed by atoms with Gasteiger partial charge >= 0.3 is 0 Å². The van der Waals surface area contributed by atoms with Gasteiger partial charge in [-0.1, -0.05) is 54.1 Å². The summed E-state index contributed by atoms with van der Waals surface area (Å²) in [6, 6.07) is 17.7. The Labute approximate surface area is 129 Å². The predicted octanol–water partition coefficient (Wildman–Crippen LogP) is 3.45. The fourth-order valence-electron chi connectivity index (χ4n) is 2.46. The summed E-state index contributed by atoms with van der Waals surface area (Å²) in [6.45, 7) is 2.34. The van der Waals surface area contributed by atoms with E-state index in [4.69, 9.17) is 21.1 Å². The number of ether oxygens (including phenoxy) is 2. The number of hydrogen-bond acceptors (Lipinski definition) is 3. The van der Waals surface area contributed by atoms with Gasteiger partial charge in [-0.05, 0) is 17.7 Å². The summed E-state index contributed by atoms with van der Waals surface area (Å²) in [5, 5.41) is 3.96. The lowest BCUT2D eigenvalue weighted by molar-refractivity contribution is -0.0432. The first-order chi connectivity index (χ1) is 10.3. The second-order valence-corrected chi connectivity index (χ2v) is 5.40. The van der Waals surface area contributed by atoms with E-state index in [1.807, 2.05) is 42.5 Å². The topological polar surface area (TPSA) is 30.5 Å². The molecule has 0 saturated carbocycles. The molecule has 0 aliphatic carbocycles. The van der Waals surface area contributed by atoms with Gasteiger partial charge in [-0.2, -0.15) is 0 Å². The summed E-state index contributed by atoms with van der Waals surface area (Å²) >= 11 is 6.21. The predicted molar refractivity (Wildman–Crippen MR) is 83.9 cm³/mol. The lowest BCUT2D eigenvalue weighted by Crippen LogP contribution is -2.43. The Morgan fingerprint density at radius 3 is 2.57 bits per heavy atom. The molecule has 0 amide bonds. The van der Waals surface area contributed by atoms with Crippen LogP contribution >= 0.6 is 11.6 Å². The molecule has 1 heterocycles. The summed E-state index contributed by atoms with van der Waals surface area (Å²) in [5.41, 5.74) is 1.09. The van der Waals surface area contributed by atoms with Crippen LogP contribution in [0.1, 0.15) is 11.7 Å². The van der Waals surface area contributed by atoms with Crippen molar-refractivity contribution in [3.63, 3.8) is 0 Å². The highest BCUT2D eigenvalue weighted by molar-refractivity contribution is 6.32. The first kappa shape index (κ1) is 14.4. The molecule has 2 atom stereocenters. The van der Waals surface area contributed by atoms with E-state index >= 15 is 0 Å². The fourth-order valence-corrected chi connectivity index (χ4v) is 2.64. The average molecular weight is 304 g/mol. The van der Waals surface area contributed by atoms with Gasteiger partial charge in [0, 0.05) is 13.1 Å². The van der Waals surface area contributed by atoms with Crippen LogP contribution in [0.3, 0.4) is 0 Å². The minimum absolute atomic E-state index is 0.0302. The molecule has 1 fully saturated rings. The largest absolute Gasteiger partial charge is 0.481 e. The number of rotatable bonds is 4. The van der Waals surface area contributed by atoms with Crippen LogP contribution in [-0.4, -0.2) is 25.8 Å². The maximum absolute atomic E-state index is 6.21. The number of para-hydroxylation sites is 1. The monoisotopic (exact) mass is 303 g/mol. The maximum Gasteiger partial charge on any atom is 0.151 e. The minimum atomic E-state index is -0.182. The van der Waals surface area contributed by atoms with Crippen LogP contribution in [0.4, 0.5) is 0 Å². The van der Waals surface area contributed by atoms with Crippen molar-refractivity contribution in [1.29, 1.82) is 0 Å². The molecule has 1 saturated heterocycles. The van der Waals surface area contributed by atoms with Crippen molar-refractivity contribution in [3.05, 3.63) is 65.2 Å². The minimum Gasteiger partial charge on any atom is -0.481 e. The van der Waals surface area contributed by atoms with Crippen LogP contribution in [0.25, 0.3) is 0 Å². The Morgan fingerprint density at radius 2 is 1.86 bits per heavy atom. The molecule has 0 radical (unpaired) electrons. The molecule has 1 unspecified atom stereocenters. The zero-order valence-electron chi connectivity index (χ0n) is 11.7. The van der Waals surface area contributed by atoms with Crippen LogP contribution in [0.15, 0.2) is 54.6 Å². The highest BCUT2D eigenvalue weighted by atomic mass is 35.5. The van der Waals surface area contributed by atoms with Crippen molar-refractivity contribution < 1.29 is 9.47 Å². The standard InChI is InChI=1S/C17H18ClNO2/c18-14-8-4-5-9-15(14)21-17(13-6-2-1-3-7-13)16-12-19-10-11-20-16/h1-9,16-17,19H,10-12H2/t16-,17?/m1/s1. The van der Waals surface area contributed by atoms with Crippen LogP contribution < -0.4 is 10.1 Å². The Balaban J connectivity index is 1.87. The molecule has 1 N–H and O–H groups in total. The normalized spacial score (nSPS) is 20.0. The molecule has 2 aromatic rings. The Bertz CT molecular complexity index is 570. The lowest BCUT2D eigenvalue weighted by Gasteiger charge is -2.31. The van der Waals surface area contributed by atoms with E-state index < -0.39 is 0 Å². The highest BCUT2D eigenvalue weighted by Gasteiger charge is 2.28. The van der Waals surface area contributed by atoms with Crippen molar-refractivity contribution >= 4 is 11.6 Å². The third kappa shape index (κ3) is 3.56. The lowest BCUT2D eigenvalue weighted by atomic mass is 10.0. The Morgan fingerprint density at radius 1 is 1.10 bits per heavy atom. The van der Waals surface area contributed by atoms with Gasteiger partial charge in [0.15, 0.2) is 6.10 Å². The van der Waals surface area contributed by atoms with Crippen LogP contribution in [0.5, 0.6) is 5.75 Å². The zero-order chi connectivity index (χ0) is 14.5. The van der Waals surface area contributed by atoms with Gasteiger partial charge in [0.05, 0.1) is 11.6 Å². The van der Waals surface area contributed by atoms with Gasteiger partial charge in [0.25, 0.3) is 0 Å². The molecule has 0 bridgehead atoms. The van der Waals surface area contributed by atoms with Gasteiger partial charge in [0.1, 0.15) is 11.9 Å². The summed E-state index contributed by atoms with van der Waals surface area (Å²) in [6.07, 6.45) is -0.212. The summed E-state index contributed by atoms with van der Waals surface area (Å²) in [4.78, 5) is 0. The van der Waals surface area contributed by atoms with E-state index in [1.54, 1.807) is 0 Å². The zero-order valence-corrected chi connectivity index (χ0v) is 12.4. The van der Waals surface area contributed by atoms with E-state index in [9.17, 15) is 0 Å². The smallest absolute Gasteiger partial charge is 0.151 e. The fraction of sp³-hybridized carbons (Fsp3) is 0.294. The molecule has 4 heteroatoms. The number of benzene rings is 2. The van der Waals surface area contributed by atoms with E-state index in [2.05, 4.69) is 17.4 Å². The van der Waals surface area contributed by atoms with E-state index in [1.165, 1.54) is 0 Å². The number of nitrogens with one attached hydrogen (secondary N) is 1. The first-order valence-electron chi connectivity index (χ1n) is 7.13. The summed E-state index contributed by atoms with van der Waals surface area (Å²) < 4.78 is 12.0. The second kappa shape index (κ2) is 6.94.